The second-order valence-electron chi connectivity index (χ2n) is 9.98. The molecule has 3 rings (SSSR count). The Morgan fingerprint density at radius 2 is 1.88 bits per heavy atom. The molecular formula is C26H33F3N2O. The fourth-order valence-corrected chi connectivity index (χ4v) is 4.81. The van der Waals surface area contributed by atoms with Crippen molar-refractivity contribution >= 4 is 0 Å². The Balaban J connectivity index is 1.99. The molecule has 6 heteroatoms. The van der Waals surface area contributed by atoms with Crippen LogP contribution in [0.3, 0.4) is 0 Å². The van der Waals surface area contributed by atoms with E-state index in [4.69, 9.17) is 4.74 Å². The molecule has 0 bridgehead atoms. The third-order valence-corrected chi connectivity index (χ3v) is 6.38. The molecule has 3 atom stereocenters. The quantitative estimate of drug-likeness (QED) is 0.469. The Morgan fingerprint density at radius 1 is 1.19 bits per heavy atom. The summed E-state index contributed by atoms with van der Waals surface area (Å²) in [7, 11) is 0. The van der Waals surface area contributed by atoms with Gasteiger partial charge in [-0.2, -0.15) is 18.4 Å². The van der Waals surface area contributed by atoms with E-state index in [1.54, 1.807) is 11.0 Å². The van der Waals surface area contributed by atoms with Gasteiger partial charge in [-0.25, -0.2) is 0 Å². The normalized spacial score (nSPS) is 21.9. The summed E-state index contributed by atoms with van der Waals surface area (Å²) in [4.78, 5) is 1.72. The van der Waals surface area contributed by atoms with Crippen molar-refractivity contribution in [3.05, 3.63) is 59.3 Å². The topological polar surface area (TPSA) is 36.3 Å². The fraction of sp³-hybridized carbons (Fsp3) is 0.577. The first-order chi connectivity index (χ1) is 15.0. The molecule has 0 spiro atoms. The molecule has 0 aromatic heterocycles. The first-order valence-corrected chi connectivity index (χ1v) is 11.4. The van der Waals surface area contributed by atoms with Crippen LogP contribution in [0.4, 0.5) is 13.2 Å². The maximum atomic E-state index is 13.6. The smallest absolute Gasteiger partial charge is 0.349 e. The number of allylic oxidation sites excluding steroid dienone is 2. The van der Waals surface area contributed by atoms with E-state index in [0.29, 0.717) is 11.5 Å². The van der Waals surface area contributed by atoms with Crippen LogP contribution in [-0.4, -0.2) is 28.9 Å². The summed E-state index contributed by atoms with van der Waals surface area (Å²) in [6.45, 7) is 7.68. The molecule has 0 radical (unpaired) electrons. The van der Waals surface area contributed by atoms with Crippen molar-refractivity contribution in [1.82, 2.24) is 4.90 Å². The van der Waals surface area contributed by atoms with Gasteiger partial charge in [0.1, 0.15) is 6.23 Å². The highest BCUT2D eigenvalue weighted by molar-refractivity contribution is 5.36. The number of halogens is 3. The predicted octanol–water partition coefficient (Wildman–Crippen LogP) is 7.07. The van der Waals surface area contributed by atoms with Crippen molar-refractivity contribution in [2.24, 2.45) is 5.92 Å². The lowest BCUT2D eigenvalue weighted by Gasteiger charge is -2.43. The third kappa shape index (κ3) is 6.16. The molecule has 0 N–H and O–H groups in total. The van der Waals surface area contributed by atoms with E-state index in [1.807, 2.05) is 45.9 Å². The highest BCUT2D eigenvalue weighted by atomic mass is 19.4. The molecule has 3 unspecified atom stereocenters. The number of alkyl halides is 3. The first kappa shape index (κ1) is 24.4. The van der Waals surface area contributed by atoms with Gasteiger partial charge in [0.25, 0.3) is 0 Å². The minimum absolute atomic E-state index is 0.0188. The van der Waals surface area contributed by atoms with Crippen LogP contribution in [0.25, 0.3) is 0 Å². The lowest BCUT2D eigenvalue weighted by atomic mass is 9.82. The SMILES string of the molecule is CC(C(CC1CCCC1)c1cccc(C#N)c1)N1C=C(C(F)(F)F)C=CC1OC(C)(C)C. The molecule has 32 heavy (non-hydrogen) atoms. The van der Waals surface area contributed by atoms with Crippen LogP contribution in [0.1, 0.15) is 76.8 Å². The minimum atomic E-state index is -4.43. The Bertz CT molecular complexity index is 886. The van der Waals surface area contributed by atoms with Crippen LogP contribution in [0.2, 0.25) is 0 Å². The standard InChI is InChI=1S/C26H33F3N2O/c1-18(31-17-22(26(27,28)29)12-13-24(31)32-25(2,3)4)23(15-19-8-5-6-9-19)21-11-7-10-20(14-21)16-30/h7,10-14,17-19,23-24H,5-6,8-9,15H2,1-4H3. The zero-order chi connectivity index (χ0) is 23.5. The molecule has 0 saturated heterocycles. The molecule has 3 nitrogen and oxygen atoms in total. The van der Waals surface area contributed by atoms with Crippen molar-refractivity contribution in [1.29, 1.82) is 5.26 Å². The molecule has 1 saturated carbocycles. The van der Waals surface area contributed by atoms with Crippen molar-refractivity contribution in [2.75, 3.05) is 0 Å². The number of nitriles is 1. The Morgan fingerprint density at radius 3 is 2.47 bits per heavy atom. The summed E-state index contributed by atoms with van der Waals surface area (Å²) in [6, 6.07) is 9.43. The van der Waals surface area contributed by atoms with E-state index >= 15 is 0 Å². The van der Waals surface area contributed by atoms with E-state index in [-0.39, 0.29) is 12.0 Å². The van der Waals surface area contributed by atoms with E-state index in [0.717, 1.165) is 30.9 Å². The minimum Gasteiger partial charge on any atom is -0.349 e. The van der Waals surface area contributed by atoms with Gasteiger partial charge in [-0.1, -0.05) is 37.8 Å². The molecule has 1 aliphatic heterocycles. The van der Waals surface area contributed by atoms with E-state index in [9.17, 15) is 18.4 Å². The van der Waals surface area contributed by atoms with Gasteiger partial charge >= 0.3 is 6.18 Å². The molecule has 2 aliphatic rings. The maximum absolute atomic E-state index is 13.6. The van der Waals surface area contributed by atoms with Gasteiger partial charge in [0.15, 0.2) is 0 Å². The molecule has 1 fully saturated rings. The molecule has 174 valence electrons. The van der Waals surface area contributed by atoms with Gasteiger partial charge in [0, 0.05) is 18.2 Å². The maximum Gasteiger partial charge on any atom is 0.417 e. The van der Waals surface area contributed by atoms with Crippen LogP contribution in [0.15, 0.2) is 48.2 Å². The number of rotatable bonds is 6. The van der Waals surface area contributed by atoms with Crippen molar-refractivity contribution in [3.63, 3.8) is 0 Å². The summed E-state index contributed by atoms with van der Waals surface area (Å²) >= 11 is 0. The van der Waals surface area contributed by atoms with Crippen LogP contribution >= 0.6 is 0 Å². The third-order valence-electron chi connectivity index (χ3n) is 6.38. The highest BCUT2D eigenvalue weighted by Gasteiger charge is 2.39. The van der Waals surface area contributed by atoms with Gasteiger partial charge < -0.3 is 9.64 Å². The number of ether oxygens (including phenoxy) is 1. The van der Waals surface area contributed by atoms with Crippen LogP contribution in [0.5, 0.6) is 0 Å². The van der Waals surface area contributed by atoms with Gasteiger partial charge in [0.2, 0.25) is 0 Å². The van der Waals surface area contributed by atoms with Crippen molar-refractivity contribution in [3.8, 4) is 6.07 Å². The lowest BCUT2D eigenvalue weighted by Crippen LogP contribution is -2.46. The van der Waals surface area contributed by atoms with Crippen molar-refractivity contribution in [2.45, 2.75) is 89.8 Å². The second kappa shape index (κ2) is 9.70. The second-order valence-corrected chi connectivity index (χ2v) is 9.98. The Kier molecular flexibility index (Phi) is 7.39. The van der Waals surface area contributed by atoms with Crippen molar-refractivity contribution < 1.29 is 17.9 Å². The fourth-order valence-electron chi connectivity index (χ4n) is 4.81. The summed E-state index contributed by atoms with van der Waals surface area (Å²) in [6.07, 6.45) is 4.37. The highest BCUT2D eigenvalue weighted by Crippen LogP contribution is 2.40. The van der Waals surface area contributed by atoms with Gasteiger partial charge in [0.05, 0.1) is 22.8 Å². The Labute approximate surface area is 189 Å². The first-order valence-electron chi connectivity index (χ1n) is 11.4. The number of hydrogen-bond donors (Lipinski definition) is 0. The molecule has 1 aromatic carbocycles. The number of benzene rings is 1. The summed E-state index contributed by atoms with van der Waals surface area (Å²) in [5, 5.41) is 9.39. The largest absolute Gasteiger partial charge is 0.417 e. The molecule has 1 aromatic rings. The average molecular weight is 447 g/mol. The molecular weight excluding hydrogens is 413 g/mol. The van der Waals surface area contributed by atoms with E-state index in [1.165, 1.54) is 25.1 Å². The zero-order valence-corrected chi connectivity index (χ0v) is 19.3. The summed E-state index contributed by atoms with van der Waals surface area (Å²) < 4.78 is 46.9. The average Bonchev–Trinajstić information content (AvgIpc) is 3.23. The van der Waals surface area contributed by atoms with Gasteiger partial charge in [-0.15, -0.1) is 0 Å². The predicted molar refractivity (Wildman–Crippen MR) is 120 cm³/mol. The van der Waals surface area contributed by atoms with E-state index < -0.39 is 23.6 Å². The van der Waals surface area contributed by atoms with Crippen LogP contribution in [0, 0.1) is 17.2 Å². The molecule has 1 aliphatic carbocycles. The van der Waals surface area contributed by atoms with Gasteiger partial charge in [-0.3, -0.25) is 0 Å². The lowest BCUT2D eigenvalue weighted by molar-refractivity contribution is -0.115. The molecule has 0 amide bonds. The number of nitrogens with zero attached hydrogens (tertiary/aromatic N) is 2. The Hall–Kier alpha value is -2.26. The zero-order valence-electron chi connectivity index (χ0n) is 19.3. The van der Waals surface area contributed by atoms with Gasteiger partial charge in [-0.05, 0) is 69.9 Å². The monoisotopic (exact) mass is 446 g/mol. The summed E-state index contributed by atoms with van der Waals surface area (Å²) in [5.41, 5.74) is 0.370. The van der Waals surface area contributed by atoms with Crippen LogP contribution in [-0.2, 0) is 4.74 Å². The van der Waals surface area contributed by atoms with E-state index in [2.05, 4.69) is 6.07 Å². The summed E-state index contributed by atoms with van der Waals surface area (Å²) in [5.74, 6) is 0.524. The molecule has 1 heterocycles. The number of hydrogen-bond acceptors (Lipinski definition) is 3. The van der Waals surface area contributed by atoms with Crippen LogP contribution < -0.4 is 0 Å².